The van der Waals surface area contributed by atoms with Crippen LogP contribution in [-0.4, -0.2) is 56.6 Å². The standard InChI is InChI=1S/C22H26N6O4/c1-15(29)28-13-10-17(11-14-28)22-25-20(32-27-22)9-12-23-18(30)7-8-19-24-21(26-31-19)16-5-3-2-4-6-16/h2-6,17H,7-14H2,1H3,(H,23,30). The second-order valence-corrected chi connectivity index (χ2v) is 7.80. The highest BCUT2D eigenvalue weighted by molar-refractivity contribution is 5.76. The predicted molar refractivity (Wildman–Crippen MR) is 113 cm³/mol. The van der Waals surface area contributed by atoms with Gasteiger partial charge in [0.2, 0.25) is 29.4 Å². The van der Waals surface area contributed by atoms with Gasteiger partial charge in [-0.05, 0) is 12.8 Å². The number of likely N-dealkylation sites (tertiary alicyclic amines) is 1. The van der Waals surface area contributed by atoms with E-state index in [1.54, 1.807) is 6.92 Å². The van der Waals surface area contributed by atoms with Crippen molar-refractivity contribution in [2.45, 2.75) is 44.9 Å². The minimum atomic E-state index is -0.110. The van der Waals surface area contributed by atoms with E-state index in [9.17, 15) is 9.59 Å². The van der Waals surface area contributed by atoms with Gasteiger partial charge in [-0.2, -0.15) is 9.97 Å². The Balaban J connectivity index is 1.17. The van der Waals surface area contributed by atoms with E-state index in [-0.39, 0.29) is 24.2 Å². The number of carbonyl (C=O) groups is 2. The van der Waals surface area contributed by atoms with Crippen LogP contribution in [0.25, 0.3) is 11.4 Å². The molecule has 0 bridgehead atoms. The van der Waals surface area contributed by atoms with Crippen LogP contribution in [0.5, 0.6) is 0 Å². The molecule has 1 fully saturated rings. The second kappa shape index (κ2) is 10.2. The first kappa shape index (κ1) is 21.7. The Kier molecular flexibility index (Phi) is 6.88. The van der Waals surface area contributed by atoms with Crippen LogP contribution in [0.2, 0.25) is 0 Å². The topological polar surface area (TPSA) is 127 Å². The van der Waals surface area contributed by atoms with Crippen LogP contribution < -0.4 is 5.32 Å². The third kappa shape index (κ3) is 5.57. The maximum Gasteiger partial charge on any atom is 0.228 e. The number of aryl methyl sites for hydroxylation is 1. The van der Waals surface area contributed by atoms with Crippen molar-refractivity contribution in [3.63, 3.8) is 0 Å². The van der Waals surface area contributed by atoms with Crippen LogP contribution in [0.1, 0.15) is 49.7 Å². The van der Waals surface area contributed by atoms with E-state index in [4.69, 9.17) is 9.05 Å². The zero-order valence-corrected chi connectivity index (χ0v) is 18.0. The number of nitrogens with one attached hydrogen (secondary N) is 1. The fraction of sp³-hybridized carbons (Fsp3) is 0.455. The molecule has 3 aromatic rings. The lowest BCUT2D eigenvalue weighted by molar-refractivity contribution is -0.129. The maximum absolute atomic E-state index is 12.1. The third-order valence-corrected chi connectivity index (χ3v) is 5.52. The van der Waals surface area contributed by atoms with Gasteiger partial charge in [-0.1, -0.05) is 40.6 Å². The summed E-state index contributed by atoms with van der Waals surface area (Å²) in [7, 11) is 0. The molecule has 10 heteroatoms. The summed E-state index contributed by atoms with van der Waals surface area (Å²) >= 11 is 0. The molecule has 32 heavy (non-hydrogen) atoms. The van der Waals surface area contributed by atoms with Crippen molar-refractivity contribution < 1.29 is 18.6 Å². The van der Waals surface area contributed by atoms with Crippen molar-refractivity contribution in [1.29, 1.82) is 0 Å². The lowest BCUT2D eigenvalue weighted by Crippen LogP contribution is -2.36. The Morgan fingerprint density at radius 1 is 1.03 bits per heavy atom. The summed E-state index contributed by atoms with van der Waals surface area (Å²) in [5.41, 5.74) is 0.871. The predicted octanol–water partition coefficient (Wildman–Crippen LogP) is 2.14. The summed E-state index contributed by atoms with van der Waals surface area (Å²) in [5.74, 6) is 2.31. The number of benzene rings is 1. The summed E-state index contributed by atoms with van der Waals surface area (Å²) in [4.78, 5) is 34.2. The minimum Gasteiger partial charge on any atom is -0.356 e. The average molecular weight is 438 g/mol. The molecule has 2 aromatic heterocycles. The minimum absolute atomic E-state index is 0.101. The quantitative estimate of drug-likeness (QED) is 0.567. The summed E-state index contributed by atoms with van der Waals surface area (Å²) in [6, 6.07) is 9.53. The first-order valence-electron chi connectivity index (χ1n) is 10.8. The number of carbonyl (C=O) groups excluding carboxylic acids is 2. The third-order valence-electron chi connectivity index (χ3n) is 5.52. The number of hydrogen-bond acceptors (Lipinski definition) is 8. The fourth-order valence-electron chi connectivity index (χ4n) is 3.67. The van der Waals surface area contributed by atoms with Gasteiger partial charge < -0.3 is 19.3 Å². The Morgan fingerprint density at radius 2 is 1.75 bits per heavy atom. The molecule has 3 heterocycles. The van der Waals surface area contributed by atoms with Gasteiger partial charge in [0.05, 0.1) is 0 Å². The number of aromatic nitrogens is 4. The van der Waals surface area contributed by atoms with E-state index in [0.29, 0.717) is 55.9 Å². The zero-order chi connectivity index (χ0) is 22.3. The van der Waals surface area contributed by atoms with Gasteiger partial charge in [0.15, 0.2) is 5.82 Å². The van der Waals surface area contributed by atoms with Crippen molar-refractivity contribution in [3.8, 4) is 11.4 Å². The Morgan fingerprint density at radius 3 is 2.50 bits per heavy atom. The van der Waals surface area contributed by atoms with Crippen LogP contribution in [0, 0.1) is 0 Å². The Hall–Kier alpha value is -3.56. The molecule has 0 spiro atoms. The number of nitrogens with zero attached hydrogens (tertiary/aromatic N) is 5. The SMILES string of the molecule is CC(=O)N1CCC(c2noc(CCNC(=O)CCc3nc(-c4ccccc4)no3)n2)CC1. The normalized spacial score (nSPS) is 14.5. The summed E-state index contributed by atoms with van der Waals surface area (Å²) in [6.45, 7) is 3.42. The van der Waals surface area contributed by atoms with E-state index in [0.717, 1.165) is 18.4 Å². The van der Waals surface area contributed by atoms with Crippen molar-refractivity contribution >= 4 is 11.8 Å². The smallest absolute Gasteiger partial charge is 0.228 e. The molecular weight excluding hydrogens is 412 g/mol. The lowest BCUT2D eigenvalue weighted by atomic mass is 9.96. The van der Waals surface area contributed by atoms with Gasteiger partial charge >= 0.3 is 0 Å². The van der Waals surface area contributed by atoms with Crippen LogP contribution in [-0.2, 0) is 22.4 Å². The number of hydrogen-bond donors (Lipinski definition) is 1. The molecule has 1 aliphatic rings. The summed E-state index contributed by atoms with van der Waals surface area (Å²) in [5, 5.41) is 10.9. The van der Waals surface area contributed by atoms with Gasteiger partial charge in [0, 0.05) is 57.3 Å². The molecule has 0 unspecified atom stereocenters. The summed E-state index contributed by atoms with van der Waals surface area (Å²) in [6.07, 6.45) is 2.74. The van der Waals surface area contributed by atoms with Crippen molar-refractivity contribution in [3.05, 3.63) is 47.9 Å². The highest BCUT2D eigenvalue weighted by Gasteiger charge is 2.25. The molecule has 10 nitrogen and oxygen atoms in total. The van der Waals surface area contributed by atoms with Crippen LogP contribution in [0.4, 0.5) is 0 Å². The summed E-state index contributed by atoms with van der Waals surface area (Å²) < 4.78 is 10.5. The molecule has 168 valence electrons. The van der Waals surface area contributed by atoms with E-state index in [2.05, 4.69) is 25.6 Å². The van der Waals surface area contributed by atoms with Crippen LogP contribution in [0.15, 0.2) is 39.4 Å². The molecule has 0 aliphatic carbocycles. The first-order valence-corrected chi connectivity index (χ1v) is 10.8. The molecule has 1 aliphatic heterocycles. The molecule has 0 atom stereocenters. The van der Waals surface area contributed by atoms with Crippen molar-refractivity contribution in [2.24, 2.45) is 0 Å². The fourth-order valence-corrected chi connectivity index (χ4v) is 3.67. The number of piperidine rings is 1. The first-order chi connectivity index (χ1) is 15.6. The van der Waals surface area contributed by atoms with Gasteiger partial charge in [-0.3, -0.25) is 9.59 Å². The molecule has 1 N–H and O–H groups in total. The Bertz CT molecular complexity index is 1040. The van der Waals surface area contributed by atoms with E-state index >= 15 is 0 Å². The highest BCUT2D eigenvalue weighted by atomic mass is 16.5. The van der Waals surface area contributed by atoms with Crippen LogP contribution >= 0.6 is 0 Å². The number of amides is 2. The largest absolute Gasteiger partial charge is 0.356 e. The van der Waals surface area contributed by atoms with Crippen molar-refractivity contribution in [2.75, 3.05) is 19.6 Å². The molecule has 2 amide bonds. The molecule has 0 radical (unpaired) electrons. The molecule has 0 saturated carbocycles. The van der Waals surface area contributed by atoms with E-state index in [1.165, 1.54) is 0 Å². The monoisotopic (exact) mass is 438 g/mol. The molecule has 1 saturated heterocycles. The number of rotatable bonds is 8. The Labute approximate surface area is 185 Å². The second-order valence-electron chi connectivity index (χ2n) is 7.80. The van der Waals surface area contributed by atoms with Gasteiger partial charge in [-0.25, -0.2) is 0 Å². The molecule has 4 rings (SSSR count). The zero-order valence-electron chi connectivity index (χ0n) is 18.0. The highest BCUT2D eigenvalue weighted by Crippen LogP contribution is 2.26. The lowest BCUT2D eigenvalue weighted by Gasteiger charge is -2.29. The van der Waals surface area contributed by atoms with E-state index < -0.39 is 0 Å². The maximum atomic E-state index is 12.1. The van der Waals surface area contributed by atoms with Crippen LogP contribution in [0.3, 0.4) is 0 Å². The van der Waals surface area contributed by atoms with Gasteiger partial charge in [-0.15, -0.1) is 0 Å². The molecular formula is C22H26N6O4. The average Bonchev–Trinajstić information content (AvgIpc) is 3.48. The molecule has 1 aromatic carbocycles. The van der Waals surface area contributed by atoms with Gasteiger partial charge in [0.25, 0.3) is 0 Å². The van der Waals surface area contributed by atoms with Crippen molar-refractivity contribution in [1.82, 2.24) is 30.5 Å². The van der Waals surface area contributed by atoms with E-state index in [1.807, 2.05) is 35.2 Å². The van der Waals surface area contributed by atoms with Gasteiger partial charge in [0.1, 0.15) is 0 Å².